The lowest BCUT2D eigenvalue weighted by atomic mass is 10.1. The Morgan fingerprint density at radius 3 is 2.75 bits per heavy atom. The van der Waals surface area contributed by atoms with Gasteiger partial charge in [-0.3, -0.25) is 9.59 Å². The first-order valence-electron chi connectivity index (χ1n) is 6.89. The summed E-state index contributed by atoms with van der Waals surface area (Å²) in [6, 6.07) is 5.45. The van der Waals surface area contributed by atoms with Crippen molar-refractivity contribution in [2.75, 3.05) is 31.1 Å². The minimum absolute atomic E-state index is 0.0262. The van der Waals surface area contributed by atoms with Crippen LogP contribution < -0.4 is 4.90 Å². The zero-order valence-electron chi connectivity index (χ0n) is 11.9. The number of fused-ring (bicyclic) bond motifs is 1. The minimum atomic E-state index is -0.0781. The number of rotatable bonds is 4. The predicted molar refractivity (Wildman–Crippen MR) is 76.8 cm³/mol. The Labute approximate surface area is 118 Å². The molecule has 0 unspecified atom stereocenters. The quantitative estimate of drug-likeness (QED) is 0.894. The summed E-state index contributed by atoms with van der Waals surface area (Å²) in [4.78, 5) is 27.1. The van der Waals surface area contributed by atoms with Crippen LogP contribution in [-0.4, -0.2) is 48.1 Å². The predicted octanol–water partition coefficient (Wildman–Crippen LogP) is 1.05. The van der Waals surface area contributed by atoms with E-state index in [-0.39, 0.29) is 18.4 Å². The van der Waals surface area contributed by atoms with Crippen LogP contribution in [-0.2, 0) is 11.2 Å². The van der Waals surface area contributed by atoms with Crippen molar-refractivity contribution < 1.29 is 14.7 Å². The van der Waals surface area contributed by atoms with Gasteiger partial charge in [0, 0.05) is 37.8 Å². The van der Waals surface area contributed by atoms with E-state index in [1.807, 2.05) is 19.1 Å². The molecule has 2 amide bonds. The highest BCUT2D eigenvalue weighted by atomic mass is 16.3. The number of hydrogen-bond acceptors (Lipinski definition) is 3. The number of nitrogens with zero attached hydrogens (tertiary/aromatic N) is 2. The maximum absolute atomic E-state index is 12.3. The van der Waals surface area contributed by atoms with Gasteiger partial charge >= 0.3 is 0 Å². The van der Waals surface area contributed by atoms with Crippen LogP contribution in [0.2, 0.25) is 0 Å². The standard InChI is InChI=1S/C15H20N2O3/c1-3-16(8-9-18)15(20)13-4-5-14-12(10-13)6-7-17(14)11(2)19/h4-5,10,18H,3,6-9H2,1-2H3. The molecule has 0 fully saturated rings. The summed E-state index contributed by atoms with van der Waals surface area (Å²) >= 11 is 0. The highest BCUT2D eigenvalue weighted by molar-refractivity contribution is 5.97. The molecular weight excluding hydrogens is 256 g/mol. The number of hydrogen-bond donors (Lipinski definition) is 1. The summed E-state index contributed by atoms with van der Waals surface area (Å²) in [7, 11) is 0. The summed E-state index contributed by atoms with van der Waals surface area (Å²) in [5.74, 6) is -0.0519. The Balaban J connectivity index is 2.24. The summed E-state index contributed by atoms with van der Waals surface area (Å²) in [6.45, 7) is 4.98. The third-order valence-electron chi connectivity index (χ3n) is 3.64. The summed E-state index contributed by atoms with van der Waals surface area (Å²) in [5.41, 5.74) is 2.55. The largest absolute Gasteiger partial charge is 0.395 e. The van der Waals surface area contributed by atoms with Gasteiger partial charge in [-0.2, -0.15) is 0 Å². The van der Waals surface area contributed by atoms with Crippen molar-refractivity contribution in [3.8, 4) is 0 Å². The molecule has 108 valence electrons. The lowest BCUT2D eigenvalue weighted by molar-refractivity contribution is -0.116. The molecule has 1 aromatic carbocycles. The molecule has 1 aromatic rings. The molecule has 1 aliphatic heterocycles. The van der Waals surface area contributed by atoms with Gasteiger partial charge in [0.05, 0.1) is 6.61 Å². The molecule has 1 heterocycles. The molecule has 5 nitrogen and oxygen atoms in total. The zero-order chi connectivity index (χ0) is 14.7. The Bertz CT molecular complexity index is 528. The zero-order valence-corrected chi connectivity index (χ0v) is 11.9. The fourth-order valence-electron chi connectivity index (χ4n) is 2.57. The normalized spacial score (nSPS) is 13.2. The number of amides is 2. The second kappa shape index (κ2) is 6.05. The summed E-state index contributed by atoms with van der Waals surface area (Å²) in [5, 5.41) is 8.98. The van der Waals surface area contributed by atoms with Crippen molar-refractivity contribution in [3.63, 3.8) is 0 Å². The molecule has 0 aromatic heterocycles. The van der Waals surface area contributed by atoms with Gasteiger partial charge in [-0.05, 0) is 37.1 Å². The molecule has 0 saturated heterocycles. The molecule has 0 spiro atoms. The van der Waals surface area contributed by atoms with Crippen molar-refractivity contribution >= 4 is 17.5 Å². The van der Waals surface area contributed by atoms with E-state index in [1.165, 1.54) is 0 Å². The molecule has 1 N–H and O–H groups in total. The maximum Gasteiger partial charge on any atom is 0.253 e. The number of aliphatic hydroxyl groups excluding tert-OH is 1. The van der Waals surface area contributed by atoms with Gasteiger partial charge < -0.3 is 14.9 Å². The van der Waals surface area contributed by atoms with Crippen LogP contribution in [0.3, 0.4) is 0 Å². The average molecular weight is 276 g/mol. The number of benzene rings is 1. The van der Waals surface area contributed by atoms with Crippen LogP contribution in [0.1, 0.15) is 29.8 Å². The first-order chi connectivity index (χ1) is 9.58. The third kappa shape index (κ3) is 2.67. The Kier molecular flexibility index (Phi) is 4.39. The molecule has 1 aliphatic rings. The van der Waals surface area contributed by atoms with Crippen LogP contribution in [0.15, 0.2) is 18.2 Å². The van der Waals surface area contributed by atoms with Crippen molar-refractivity contribution in [1.29, 1.82) is 0 Å². The third-order valence-corrected chi connectivity index (χ3v) is 3.64. The van der Waals surface area contributed by atoms with Crippen molar-refractivity contribution in [1.82, 2.24) is 4.90 Å². The van der Waals surface area contributed by atoms with Crippen molar-refractivity contribution in [3.05, 3.63) is 29.3 Å². The number of carbonyl (C=O) groups excluding carboxylic acids is 2. The molecule has 5 heteroatoms. The molecule has 0 radical (unpaired) electrons. The van der Waals surface area contributed by atoms with E-state index in [0.29, 0.717) is 25.2 Å². The smallest absolute Gasteiger partial charge is 0.253 e. The molecular formula is C15H20N2O3. The number of carbonyl (C=O) groups is 2. The molecule has 0 saturated carbocycles. The molecule has 0 bridgehead atoms. The average Bonchev–Trinajstić information content (AvgIpc) is 2.87. The van der Waals surface area contributed by atoms with E-state index >= 15 is 0 Å². The first-order valence-corrected chi connectivity index (χ1v) is 6.89. The van der Waals surface area contributed by atoms with Crippen LogP contribution in [0.4, 0.5) is 5.69 Å². The van der Waals surface area contributed by atoms with Crippen LogP contribution in [0, 0.1) is 0 Å². The van der Waals surface area contributed by atoms with Gasteiger partial charge in [-0.25, -0.2) is 0 Å². The fourth-order valence-corrected chi connectivity index (χ4v) is 2.57. The van der Waals surface area contributed by atoms with Crippen LogP contribution >= 0.6 is 0 Å². The van der Waals surface area contributed by atoms with E-state index in [0.717, 1.165) is 17.7 Å². The fraction of sp³-hybridized carbons (Fsp3) is 0.467. The highest BCUT2D eigenvalue weighted by Crippen LogP contribution is 2.29. The monoisotopic (exact) mass is 276 g/mol. The highest BCUT2D eigenvalue weighted by Gasteiger charge is 2.24. The summed E-state index contributed by atoms with van der Waals surface area (Å²) in [6.07, 6.45) is 0.780. The molecule has 2 rings (SSSR count). The van der Waals surface area contributed by atoms with Crippen LogP contribution in [0.25, 0.3) is 0 Å². The number of anilines is 1. The topological polar surface area (TPSA) is 60.9 Å². The SMILES string of the molecule is CCN(CCO)C(=O)c1ccc2c(c1)CCN2C(C)=O. The van der Waals surface area contributed by atoms with Gasteiger partial charge in [0.2, 0.25) is 5.91 Å². The first kappa shape index (κ1) is 14.5. The second-order valence-corrected chi connectivity index (χ2v) is 4.87. The Morgan fingerprint density at radius 1 is 1.40 bits per heavy atom. The second-order valence-electron chi connectivity index (χ2n) is 4.87. The van der Waals surface area contributed by atoms with Gasteiger partial charge in [0.25, 0.3) is 5.91 Å². The van der Waals surface area contributed by atoms with Gasteiger partial charge in [0.1, 0.15) is 0 Å². The number of likely N-dealkylation sites (N-methyl/N-ethyl adjacent to an activating group) is 1. The van der Waals surface area contributed by atoms with Crippen molar-refractivity contribution in [2.45, 2.75) is 20.3 Å². The molecule has 20 heavy (non-hydrogen) atoms. The Morgan fingerprint density at radius 2 is 2.15 bits per heavy atom. The van der Waals surface area contributed by atoms with Gasteiger partial charge in [-0.1, -0.05) is 0 Å². The van der Waals surface area contributed by atoms with E-state index < -0.39 is 0 Å². The maximum atomic E-state index is 12.3. The van der Waals surface area contributed by atoms with E-state index in [2.05, 4.69) is 0 Å². The van der Waals surface area contributed by atoms with Gasteiger partial charge in [0.15, 0.2) is 0 Å². The lowest BCUT2D eigenvalue weighted by Gasteiger charge is -2.20. The lowest BCUT2D eigenvalue weighted by Crippen LogP contribution is -2.33. The van der Waals surface area contributed by atoms with Crippen molar-refractivity contribution in [2.24, 2.45) is 0 Å². The van der Waals surface area contributed by atoms with E-state index in [4.69, 9.17) is 5.11 Å². The number of aliphatic hydroxyl groups is 1. The van der Waals surface area contributed by atoms with Gasteiger partial charge in [-0.15, -0.1) is 0 Å². The van der Waals surface area contributed by atoms with E-state index in [1.54, 1.807) is 22.8 Å². The van der Waals surface area contributed by atoms with Crippen LogP contribution in [0.5, 0.6) is 0 Å². The summed E-state index contributed by atoms with van der Waals surface area (Å²) < 4.78 is 0. The molecule has 0 aliphatic carbocycles. The molecule has 0 atom stereocenters. The Hall–Kier alpha value is -1.88. The van der Waals surface area contributed by atoms with E-state index in [9.17, 15) is 9.59 Å². The minimum Gasteiger partial charge on any atom is -0.395 e.